The van der Waals surface area contributed by atoms with Crippen molar-refractivity contribution in [2.45, 2.75) is 26.3 Å². The molecule has 0 amide bonds. The molecule has 0 N–H and O–H groups in total. The highest BCUT2D eigenvalue weighted by molar-refractivity contribution is 5.08. The summed E-state index contributed by atoms with van der Waals surface area (Å²) in [4.78, 5) is 0. The quantitative estimate of drug-likeness (QED) is 0.683. The Morgan fingerprint density at radius 1 is 1.58 bits per heavy atom. The Kier molecular flexibility index (Phi) is 3.29. The van der Waals surface area contributed by atoms with Gasteiger partial charge < -0.3 is 4.74 Å². The molecule has 1 heterocycles. The zero-order chi connectivity index (χ0) is 8.97. The molecule has 0 aliphatic carbocycles. The Bertz CT molecular complexity index is 230. The van der Waals surface area contributed by atoms with Gasteiger partial charge in [-0.15, -0.1) is 0 Å². The van der Waals surface area contributed by atoms with Crippen LogP contribution >= 0.6 is 0 Å². The highest BCUT2D eigenvalue weighted by atomic mass is 16.5. The molecular formula is C9H16N2O. The molecule has 1 aromatic rings. The molecule has 68 valence electrons. The third-order valence-corrected chi connectivity index (χ3v) is 1.84. The summed E-state index contributed by atoms with van der Waals surface area (Å²) in [6.07, 6.45) is 3.99. The molecule has 3 nitrogen and oxygen atoms in total. The molecule has 0 spiro atoms. The van der Waals surface area contributed by atoms with E-state index in [0.29, 0.717) is 5.92 Å². The minimum atomic E-state index is 0.557. The van der Waals surface area contributed by atoms with Gasteiger partial charge in [-0.05, 0) is 11.5 Å². The molecule has 0 aromatic carbocycles. The second-order valence-corrected chi connectivity index (χ2v) is 3.18. The van der Waals surface area contributed by atoms with Crippen LogP contribution in [0.1, 0.15) is 25.3 Å². The second kappa shape index (κ2) is 4.26. The average Bonchev–Trinajstić information content (AvgIpc) is 2.48. The Hall–Kier alpha value is -0.830. The zero-order valence-electron chi connectivity index (χ0n) is 7.95. The van der Waals surface area contributed by atoms with Gasteiger partial charge in [-0.25, -0.2) is 0 Å². The van der Waals surface area contributed by atoms with Gasteiger partial charge in [-0.2, -0.15) is 5.10 Å². The number of hydrogen-bond donors (Lipinski definition) is 0. The molecule has 0 aliphatic rings. The third kappa shape index (κ3) is 2.34. The van der Waals surface area contributed by atoms with E-state index in [-0.39, 0.29) is 0 Å². The van der Waals surface area contributed by atoms with Gasteiger partial charge in [0.05, 0.1) is 19.3 Å². The lowest BCUT2D eigenvalue weighted by Gasteiger charge is -1.99. The Labute approximate surface area is 73.3 Å². The van der Waals surface area contributed by atoms with E-state index in [1.807, 2.05) is 10.9 Å². The first-order chi connectivity index (χ1) is 5.74. The number of nitrogens with zero attached hydrogens (tertiary/aromatic N) is 2. The molecule has 0 fully saturated rings. The molecular weight excluding hydrogens is 152 g/mol. The molecule has 12 heavy (non-hydrogen) atoms. The van der Waals surface area contributed by atoms with Crippen LogP contribution in [0, 0.1) is 0 Å². The molecule has 0 saturated heterocycles. The molecule has 0 saturated carbocycles. The van der Waals surface area contributed by atoms with Gasteiger partial charge >= 0.3 is 0 Å². The van der Waals surface area contributed by atoms with Crippen molar-refractivity contribution < 1.29 is 4.74 Å². The Morgan fingerprint density at radius 3 is 2.83 bits per heavy atom. The van der Waals surface area contributed by atoms with E-state index in [4.69, 9.17) is 4.74 Å². The summed E-state index contributed by atoms with van der Waals surface area (Å²) >= 11 is 0. The minimum Gasteiger partial charge on any atom is -0.383 e. The van der Waals surface area contributed by atoms with Gasteiger partial charge in [0.15, 0.2) is 0 Å². The fourth-order valence-electron chi connectivity index (χ4n) is 0.985. The van der Waals surface area contributed by atoms with Crippen LogP contribution in [0.25, 0.3) is 0 Å². The summed E-state index contributed by atoms with van der Waals surface area (Å²) in [5.41, 5.74) is 1.28. The molecule has 1 aromatic heterocycles. The van der Waals surface area contributed by atoms with Crippen LogP contribution < -0.4 is 0 Å². The van der Waals surface area contributed by atoms with Gasteiger partial charge in [0, 0.05) is 13.3 Å². The molecule has 0 unspecified atom stereocenters. The first-order valence-electron chi connectivity index (χ1n) is 4.25. The lowest BCUT2D eigenvalue weighted by molar-refractivity contribution is 0.183. The van der Waals surface area contributed by atoms with Crippen molar-refractivity contribution in [2.24, 2.45) is 0 Å². The molecule has 0 aliphatic heterocycles. The van der Waals surface area contributed by atoms with Crippen molar-refractivity contribution in [1.82, 2.24) is 9.78 Å². The second-order valence-electron chi connectivity index (χ2n) is 3.18. The summed E-state index contributed by atoms with van der Waals surface area (Å²) in [5.74, 6) is 0.557. The van der Waals surface area contributed by atoms with Crippen molar-refractivity contribution in [1.29, 1.82) is 0 Å². The van der Waals surface area contributed by atoms with E-state index >= 15 is 0 Å². The van der Waals surface area contributed by atoms with Gasteiger partial charge in [0.1, 0.15) is 0 Å². The fourth-order valence-corrected chi connectivity index (χ4v) is 0.985. The summed E-state index contributed by atoms with van der Waals surface area (Å²) in [6.45, 7) is 5.89. The lowest BCUT2D eigenvalue weighted by Crippen LogP contribution is -2.03. The Morgan fingerprint density at radius 2 is 2.33 bits per heavy atom. The van der Waals surface area contributed by atoms with Gasteiger partial charge in [-0.3, -0.25) is 4.68 Å². The van der Waals surface area contributed by atoms with E-state index in [1.165, 1.54) is 5.56 Å². The maximum atomic E-state index is 4.95. The van der Waals surface area contributed by atoms with Crippen molar-refractivity contribution in [3.8, 4) is 0 Å². The smallest absolute Gasteiger partial charge is 0.0658 e. The van der Waals surface area contributed by atoms with Crippen molar-refractivity contribution in [3.05, 3.63) is 18.0 Å². The van der Waals surface area contributed by atoms with Crippen LogP contribution in [0.4, 0.5) is 0 Å². The summed E-state index contributed by atoms with van der Waals surface area (Å²) in [5, 5.41) is 4.21. The molecule has 0 bridgehead atoms. The minimum absolute atomic E-state index is 0.557. The number of hydrogen-bond acceptors (Lipinski definition) is 2. The average molecular weight is 168 g/mol. The van der Waals surface area contributed by atoms with Crippen molar-refractivity contribution in [2.75, 3.05) is 13.7 Å². The van der Waals surface area contributed by atoms with E-state index in [0.717, 1.165) is 13.2 Å². The van der Waals surface area contributed by atoms with Gasteiger partial charge in [0.2, 0.25) is 0 Å². The molecule has 0 atom stereocenters. The van der Waals surface area contributed by atoms with Gasteiger partial charge in [-0.1, -0.05) is 13.8 Å². The maximum absolute atomic E-state index is 4.95. The summed E-state index contributed by atoms with van der Waals surface area (Å²) in [6, 6.07) is 0. The maximum Gasteiger partial charge on any atom is 0.0658 e. The highest BCUT2D eigenvalue weighted by Crippen LogP contribution is 2.11. The highest BCUT2D eigenvalue weighted by Gasteiger charge is 2.01. The van der Waals surface area contributed by atoms with Crippen LogP contribution in [0.5, 0.6) is 0 Å². The number of rotatable bonds is 4. The van der Waals surface area contributed by atoms with E-state index < -0.39 is 0 Å². The largest absolute Gasteiger partial charge is 0.383 e. The van der Waals surface area contributed by atoms with E-state index in [2.05, 4.69) is 25.1 Å². The number of ether oxygens (including phenoxy) is 1. The molecule has 0 radical (unpaired) electrons. The van der Waals surface area contributed by atoms with Crippen molar-refractivity contribution in [3.63, 3.8) is 0 Å². The van der Waals surface area contributed by atoms with Crippen LogP contribution in [0.15, 0.2) is 12.4 Å². The van der Waals surface area contributed by atoms with E-state index in [1.54, 1.807) is 7.11 Å². The van der Waals surface area contributed by atoms with Crippen LogP contribution in [-0.4, -0.2) is 23.5 Å². The van der Waals surface area contributed by atoms with Crippen LogP contribution in [0.3, 0.4) is 0 Å². The first kappa shape index (κ1) is 9.26. The standard InChI is InChI=1S/C9H16N2O/c1-8(2)9-6-10-11(7-9)4-5-12-3/h6-8H,4-5H2,1-3H3. The number of methoxy groups -OCH3 is 1. The monoisotopic (exact) mass is 168 g/mol. The molecule has 3 heteroatoms. The third-order valence-electron chi connectivity index (χ3n) is 1.84. The predicted octanol–water partition coefficient (Wildman–Crippen LogP) is 1.65. The van der Waals surface area contributed by atoms with Crippen molar-refractivity contribution >= 4 is 0 Å². The topological polar surface area (TPSA) is 27.1 Å². The van der Waals surface area contributed by atoms with E-state index in [9.17, 15) is 0 Å². The lowest BCUT2D eigenvalue weighted by atomic mass is 10.1. The summed E-state index contributed by atoms with van der Waals surface area (Å²) in [7, 11) is 1.70. The fraction of sp³-hybridized carbons (Fsp3) is 0.667. The predicted molar refractivity (Wildman–Crippen MR) is 48.2 cm³/mol. The first-order valence-corrected chi connectivity index (χ1v) is 4.25. The normalized spacial score (nSPS) is 11.0. The van der Waals surface area contributed by atoms with Gasteiger partial charge in [0.25, 0.3) is 0 Å². The van der Waals surface area contributed by atoms with Crippen LogP contribution in [-0.2, 0) is 11.3 Å². The zero-order valence-corrected chi connectivity index (χ0v) is 7.95. The SMILES string of the molecule is COCCn1cc(C(C)C)cn1. The number of aromatic nitrogens is 2. The molecule has 1 rings (SSSR count). The van der Waals surface area contributed by atoms with Crippen LogP contribution in [0.2, 0.25) is 0 Å². The Balaban J connectivity index is 2.52. The summed E-state index contributed by atoms with van der Waals surface area (Å²) < 4.78 is 6.87.